The molecule has 3 aromatic rings. The third-order valence-corrected chi connectivity index (χ3v) is 8.43. The first kappa shape index (κ1) is 29.1. The monoisotopic (exact) mass is 593 g/mol. The first-order valence-electron chi connectivity index (χ1n) is 10.4. The zero-order valence-electron chi connectivity index (χ0n) is 19.5. The fourth-order valence-corrected chi connectivity index (χ4v) is 5.00. The molecule has 1 heterocycles. The molecule has 0 saturated heterocycles. The Kier molecular flexibility index (Phi) is 8.50. The van der Waals surface area contributed by atoms with Crippen molar-refractivity contribution >= 4 is 60.4 Å². The lowest BCUT2D eigenvalue weighted by Gasteiger charge is -2.19. The van der Waals surface area contributed by atoms with Gasteiger partial charge in [0, 0.05) is 23.8 Å². The van der Waals surface area contributed by atoms with Crippen molar-refractivity contribution in [3.63, 3.8) is 0 Å². The summed E-state index contributed by atoms with van der Waals surface area (Å²) in [5.41, 5.74) is 0.373. The van der Waals surface area contributed by atoms with Crippen LogP contribution in [-0.4, -0.2) is 56.2 Å². The number of hydrogen-bond acceptors (Lipinski definition) is 10. The number of sulfonamides is 1. The molecule has 11 nitrogen and oxygen atoms in total. The minimum atomic E-state index is -5.44. The van der Waals surface area contributed by atoms with E-state index >= 15 is 0 Å². The van der Waals surface area contributed by atoms with E-state index in [0.717, 1.165) is 24.5 Å². The van der Waals surface area contributed by atoms with Crippen LogP contribution in [0.1, 0.15) is 6.92 Å². The molecule has 204 valence electrons. The van der Waals surface area contributed by atoms with Crippen LogP contribution in [-0.2, 0) is 29.5 Å². The van der Waals surface area contributed by atoms with Crippen molar-refractivity contribution in [2.75, 3.05) is 23.4 Å². The third-order valence-electron chi connectivity index (χ3n) is 4.79. The van der Waals surface area contributed by atoms with E-state index in [0.29, 0.717) is 17.8 Å². The number of rotatable bonds is 9. The lowest BCUT2D eigenvalue weighted by atomic mass is 10.3. The van der Waals surface area contributed by atoms with Crippen molar-refractivity contribution in [3.05, 3.63) is 59.9 Å². The number of aromatic nitrogens is 2. The highest BCUT2D eigenvalue weighted by Crippen LogP contribution is 2.30. The van der Waals surface area contributed by atoms with E-state index in [2.05, 4.69) is 25.4 Å². The summed E-state index contributed by atoms with van der Waals surface area (Å²) in [6.07, 6.45) is -4.29. The van der Waals surface area contributed by atoms with Crippen LogP contribution < -0.4 is 10.6 Å². The molecular weight excluding hydrogens is 575 g/mol. The molecule has 0 aliphatic heterocycles. The van der Waals surface area contributed by atoms with Gasteiger partial charge in [-0.05, 0) is 46.9 Å². The predicted molar refractivity (Wildman–Crippen MR) is 131 cm³/mol. The number of carbonyl (C=O) groups is 1. The van der Waals surface area contributed by atoms with Gasteiger partial charge in [0.25, 0.3) is 10.0 Å². The molecule has 2 N–H and O–H groups in total. The molecule has 0 aliphatic carbocycles. The van der Waals surface area contributed by atoms with Crippen LogP contribution in [0.2, 0.25) is 5.02 Å². The van der Waals surface area contributed by atoms with Gasteiger partial charge < -0.3 is 15.5 Å². The van der Waals surface area contributed by atoms with Gasteiger partial charge in [0.1, 0.15) is 18.0 Å². The van der Waals surface area contributed by atoms with E-state index in [1.54, 1.807) is 24.3 Å². The molecule has 0 spiro atoms. The summed E-state index contributed by atoms with van der Waals surface area (Å²) in [7, 11) is -8.15. The number of sulfone groups is 1. The van der Waals surface area contributed by atoms with Crippen molar-refractivity contribution < 1.29 is 39.6 Å². The Morgan fingerprint density at radius 3 is 2.18 bits per heavy atom. The number of hydroxylamine groups is 1. The van der Waals surface area contributed by atoms with Crippen LogP contribution in [0.4, 0.5) is 36.2 Å². The molecule has 2 aromatic carbocycles. The molecule has 0 saturated carbocycles. The summed E-state index contributed by atoms with van der Waals surface area (Å²) < 4.78 is 88.1. The fraction of sp³-hybridized carbons (Fsp3) is 0.190. The number of carbonyl (C=O) groups excluding carboxylic acids is 1. The van der Waals surface area contributed by atoms with Gasteiger partial charge in [0.2, 0.25) is 0 Å². The maximum absolute atomic E-state index is 12.8. The van der Waals surface area contributed by atoms with Gasteiger partial charge in [-0.3, -0.25) is 0 Å². The molecule has 0 fully saturated rings. The van der Waals surface area contributed by atoms with E-state index < -0.39 is 36.9 Å². The third kappa shape index (κ3) is 6.89. The maximum atomic E-state index is 12.8. The van der Waals surface area contributed by atoms with Crippen LogP contribution >= 0.6 is 11.6 Å². The first-order chi connectivity index (χ1) is 17.6. The van der Waals surface area contributed by atoms with E-state index in [4.69, 9.17) is 11.6 Å². The Hall–Kier alpha value is -3.47. The zero-order chi connectivity index (χ0) is 28.3. The lowest BCUT2D eigenvalue weighted by molar-refractivity contribution is -0.219. The summed E-state index contributed by atoms with van der Waals surface area (Å²) in [6.45, 7) is 1.37. The van der Waals surface area contributed by atoms with Gasteiger partial charge in [-0.25, -0.2) is 31.6 Å². The lowest BCUT2D eigenvalue weighted by Crippen LogP contribution is -2.36. The second kappa shape index (κ2) is 11.1. The molecule has 0 aliphatic rings. The van der Waals surface area contributed by atoms with Crippen molar-refractivity contribution in [2.24, 2.45) is 0 Å². The highest BCUT2D eigenvalue weighted by molar-refractivity contribution is 7.91. The summed E-state index contributed by atoms with van der Waals surface area (Å²) in [5, 5.41) is 6.20. The number of nitrogens with zero attached hydrogens (tertiary/aromatic N) is 3. The Labute approximate surface area is 220 Å². The van der Waals surface area contributed by atoms with Crippen LogP contribution in [0.5, 0.6) is 0 Å². The normalized spacial score (nSPS) is 12.3. The molecule has 0 amide bonds. The molecule has 17 heteroatoms. The minimum Gasteiger partial charge on any atom is -0.345 e. The molecular formula is C21H19ClF3N5O6S2. The highest BCUT2D eigenvalue weighted by atomic mass is 35.5. The Bertz CT molecular complexity index is 1550. The van der Waals surface area contributed by atoms with Gasteiger partial charge in [0.05, 0.1) is 21.2 Å². The molecule has 0 atom stereocenters. The molecule has 38 heavy (non-hydrogen) atoms. The van der Waals surface area contributed by atoms with Crippen LogP contribution in [0, 0.1) is 0 Å². The average Bonchev–Trinajstić information content (AvgIpc) is 2.85. The van der Waals surface area contributed by atoms with E-state index in [1.165, 1.54) is 13.0 Å². The second-order valence-electron chi connectivity index (χ2n) is 7.40. The smallest absolute Gasteiger partial charge is 0.345 e. The second-order valence-corrected chi connectivity index (χ2v) is 12.0. The van der Waals surface area contributed by atoms with Gasteiger partial charge in [0.15, 0.2) is 9.84 Å². The number of hydrogen-bond donors (Lipinski definition) is 2. The van der Waals surface area contributed by atoms with Gasteiger partial charge in [-0.1, -0.05) is 18.5 Å². The SMILES string of the molecule is CCS(=O)(=O)c1ccc(S(=O)(=O)N(C)OC(=O)C(F)(F)F)cc1Nc1cc(Nc2ccc(Cl)cc2)ncn1. The van der Waals surface area contributed by atoms with E-state index in [-0.39, 0.29) is 32.4 Å². The summed E-state index contributed by atoms with van der Waals surface area (Å²) in [5.74, 6) is -2.76. The van der Waals surface area contributed by atoms with Crippen molar-refractivity contribution in [1.29, 1.82) is 0 Å². The number of benzene rings is 2. The highest BCUT2D eigenvalue weighted by Gasteiger charge is 2.44. The summed E-state index contributed by atoms with van der Waals surface area (Å²) in [4.78, 5) is 22.1. The van der Waals surface area contributed by atoms with Gasteiger partial charge in [-0.2, -0.15) is 13.2 Å². The first-order valence-corrected chi connectivity index (χ1v) is 13.9. The van der Waals surface area contributed by atoms with Crippen molar-refractivity contribution in [1.82, 2.24) is 14.4 Å². The Morgan fingerprint density at radius 2 is 1.61 bits per heavy atom. The molecule has 0 unspecified atom stereocenters. The predicted octanol–water partition coefficient (Wildman–Crippen LogP) is 4.05. The largest absolute Gasteiger partial charge is 0.492 e. The molecule has 0 radical (unpaired) electrons. The molecule has 3 rings (SSSR count). The van der Waals surface area contributed by atoms with Crippen molar-refractivity contribution in [3.8, 4) is 0 Å². The Balaban J connectivity index is 1.98. The van der Waals surface area contributed by atoms with E-state index in [9.17, 15) is 34.8 Å². The fourth-order valence-electron chi connectivity index (χ4n) is 2.87. The quantitative estimate of drug-likeness (QED) is 0.348. The van der Waals surface area contributed by atoms with E-state index in [1.807, 2.05) is 0 Å². The summed E-state index contributed by atoms with van der Waals surface area (Å²) >= 11 is 5.87. The summed E-state index contributed by atoms with van der Waals surface area (Å²) in [6, 6.07) is 10.7. The van der Waals surface area contributed by atoms with Gasteiger partial charge in [-0.15, -0.1) is 0 Å². The number of nitrogens with one attached hydrogen (secondary N) is 2. The molecule has 1 aromatic heterocycles. The van der Waals surface area contributed by atoms with Gasteiger partial charge >= 0.3 is 12.1 Å². The minimum absolute atomic E-state index is 0.0513. The number of alkyl halides is 3. The van der Waals surface area contributed by atoms with Crippen LogP contribution in [0.3, 0.4) is 0 Å². The topological polar surface area (TPSA) is 148 Å². The average molecular weight is 594 g/mol. The number of halogens is 4. The zero-order valence-corrected chi connectivity index (χ0v) is 21.9. The Morgan fingerprint density at radius 1 is 1.00 bits per heavy atom. The molecule has 0 bridgehead atoms. The maximum Gasteiger partial charge on any atom is 0.492 e. The standard InChI is InChI=1S/C21H19ClF3N5O6S2/c1-3-37(32,33)17-9-8-15(38(34,35)30(2)36-20(31)21(23,24)25)10-16(17)29-19-11-18(26-12-27-19)28-14-6-4-13(22)5-7-14/h4-12H,3H2,1-2H3,(H2,26,27,28,29). The van der Waals surface area contributed by atoms with Crippen LogP contribution in [0.25, 0.3) is 0 Å². The van der Waals surface area contributed by atoms with Crippen LogP contribution in [0.15, 0.2) is 64.6 Å². The number of anilines is 4. The van der Waals surface area contributed by atoms with Crippen molar-refractivity contribution in [2.45, 2.75) is 22.9 Å².